The average molecular weight is 272 g/mol. The maximum Gasteiger partial charge on any atom is 0.254 e. The van der Waals surface area contributed by atoms with Gasteiger partial charge in [-0.25, -0.2) is 0 Å². The van der Waals surface area contributed by atoms with Crippen molar-refractivity contribution in [3.8, 4) is 0 Å². The molecular weight excluding hydrogens is 252 g/mol. The molecule has 3 rings (SSSR count). The first-order valence-corrected chi connectivity index (χ1v) is 7.34. The van der Waals surface area contributed by atoms with Gasteiger partial charge in [-0.3, -0.25) is 9.59 Å². The van der Waals surface area contributed by atoms with E-state index >= 15 is 0 Å². The SMILES string of the molecule is Cc1ccccc1C(=O)N1CCCC1C(=O)NC1CC1. The molecule has 1 aromatic carbocycles. The zero-order valence-corrected chi connectivity index (χ0v) is 11.8. The molecule has 1 aliphatic carbocycles. The Morgan fingerprint density at radius 1 is 1.20 bits per heavy atom. The Bertz CT molecular complexity index is 537. The number of rotatable bonds is 3. The Kier molecular flexibility index (Phi) is 3.47. The predicted octanol–water partition coefficient (Wildman–Crippen LogP) is 1.88. The van der Waals surface area contributed by atoms with Crippen LogP contribution in [-0.4, -0.2) is 35.3 Å². The van der Waals surface area contributed by atoms with Crippen LogP contribution in [0.2, 0.25) is 0 Å². The van der Waals surface area contributed by atoms with Crippen molar-refractivity contribution in [1.29, 1.82) is 0 Å². The maximum absolute atomic E-state index is 12.6. The smallest absolute Gasteiger partial charge is 0.254 e. The highest BCUT2D eigenvalue weighted by Gasteiger charge is 2.36. The van der Waals surface area contributed by atoms with Crippen molar-refractivity contribution in [2.24, 2.45) is 0 Å². The summed E-state index contributed by atoms with van der Waals surface area (Å²) >= 11 is 0. The molecule has 20 heavy (non-hydrogen) atoms. The van der Waals surface area contributed by atoms with Crippen molar-refractivity contribution >= 4 is 11.8 Å². The highest BCUT2D eigenvalue weighted by atomic mass is 16.2. The van der Waals surface area contributed by atoms with E-state index in [2.05, 4.69) is 5.32 Å². The molecule has 4 heteroatoms. The third kappa shape index (κ3) is 2.55. The number of likely N-dealkylation sites (tertiary alicyclic amines) is 1. The number of nitrogens with one attached hydrogen (secondary N) is 1. The van der Waals surface area contributed by atoms with E-state index in [-0.39, 0.29) is 17.9 Å². The highest BCUT2D eigenvalue weighted by molar-refractivity contribution is 5.99. The van der Waals surface area contributed by atoms with E-state index < -0.39 is 0 Å². The summed E-state index contributed by atoms with van der Waals surface area (Å²) in [4.78, 5) is 26.6. The van der Waals surface area contributed by atoms with Crippen LogP contribution >= 0.6 is 0 Å². The topological polar surface area (TPSA) is 49.4 Å². The molecule has 106 valence electrons. The summed E-state index contributed by atoms with van der Waals surface area (Å²) in [6.07, 6.45) is 3.82. The van der Waals surface area contributed by atoms with E-state index in [9.17, 15) is 9.59 Å². The lowest BCUT2D eigenvalue weighted by atomic mass is 10.1. The van der Waals surface area contributed by atoms with Crippen LogP contribution in [-0.2, 0) is 4.79 Å². The number of benzene rings is 1. The molecule has 2 fully saturated rings. The molecule has 2 amide bonds. The van der Waals surface area contributed by atoms with Crippen molar-refractivity contribution in [1.82, 2.24) is 10.2 Å². The first-order valence-electron chi connectivity index (χ1n) is 7.34. The lowest BCUT2D eigenvalue weighted by molar-refractivity contribution is -0.125. The number of carbonyl (C=O) groups is 2. The molecule has 0 radical (unpaired) electrons. The number of aryl methyl sites for hydroxylation is 1. The van der Waals surface area contributed by atoms with Gasteiger partial charge in [0.25, 0.3) is 5.91 Å². The van der Waals surface area contributed by atoms with Gasteiger partial charge >= 0.3 is 0 Å². The van der Waals surface area contributed by atoms with Crippen LogP contribution < -0.4 is 5.32 Å². The van der Waals surface area contributed by atoms with Crippen LogP contribution in [0.1, 0.15) is 41.6 Å². The van der Waals surface area contributed by atoms with Crippen LogP contribution in [0.15, 0.2) is 24.3 Å². The van der Waals surface area contributed by atoms with Crippen molar-refractivity contribution in [3.63, 3.8) is 0 Å². The fourth-order valence-electron chi connectivity index (χ4n) is 2.77. The molecular formula is C16H20N2O2. The minimum atomic E-state index is -0.289. The second kappa shape index (κ2) is 5.27. The zero-order chi connectivity index (χ0) is 14.1. The van der Waals surface area contributed by atoms with Gasteiger partial charge in [0.05, 0.1) is 0 Å². The number of hydrogen-bond donors (Lipinski definition) is 1. The molecule has 1 aliphatic heterocycles. The summed E-state index contributed by atoms with van der Waals surface area (Å²) in [6, 6.07) is 7.62. The van der Waals surface area contributed by atoms with E-state index in [1.807, 2.05) is 31.2 Å². The monoisotopic (exact) mass is 272 g/mol. The van der Waals surface area contributed by atoms with E-state index in [4.69, 9.17) is 0 Å². The van der Waals surface area contributed by atoms with E-state index in [1.165, 1.54) is 0 Å². The van der Waals surface area contributed by atoms with Crippen LogP contribution in [0.3, 0.4) is 0 Å². The van der Waals surface area contributed by atoms with Gasteiger partial charge in [0.15, 0.2) is 0 Å². The first-order chi connectivity index (χ1) is 9.66. The van der Waals surface area contributed by atoms with Gasteiger partial charge in [-0.15, -0.1) is 0 Å². The molecule has 1 saturated heterocycles. The molecule has 1 aromatic rings. The summed E-state index contributed by atoms with van der Waals surface area (Å²) in [7, 11) is 0. The fourth-order valence-corrected chi connectivity index (χ4v) is 2.77. The van der Waals surface area contributed by atoms with Crippen molar-refractivity contribution in [2.45, 2.75) is 44.7 Å². The molecule has 0 aromatic heterocycles. The summed E-state index contributed by atoms with van der Waals surface area (Å²) < 4.78 is 0. The van der Waals surface area contributed by atoms with Gasteiger partial charge in [0.1, 0.15) is 6.04 Å². The van der Waals surface area contributed by atoms with Gasteiger partial charge in [-0.05, 0) is 44.2 Å². The Hall–Kier alpha value is -1.84. The van der Waals surface area contributed by atoms with E-state index in [0.717, 1.165) is 31.2 Å². The first kappa shape index (κ1) is 13.2. The molecule has 1 unspecified atom stereocenters. The average Bonchev–Trinajstić information content (AvgIpc) is 3.11. The molecule has 1 N–H and O–H groups in total. The van der Waals surface area contributed by atoms with Crippen LogP contribution in [0, 0.1) is 6.92 Å². The fraction of sp³-hybridized carbons (Fsp3) is 0.500. The van der Waals surface area contributed by atoms with Crippen LogP contribution in [0.25, 0.3) is 0 Å². The lowest BCUT2D eigenvalue weighted by Gasteiger charge is -2.24. The Morgan fingerprint density at radius 3 is 2.65 bits per heavy atom. The molecule has 0 bridgehead atoms. The molecule has 0 spiro atoms. The second-order valence-electron chi connectivity index (χ2n) is 5.75. The highest BCUT2D eigenvalue weighted by Crippen LogP contribution is 2.24. The normalized spacial score (nSPS) is 21.9. The standard InChI is InChI=1S/C16H20N2O2/c1-11-5-2-3-6-13(11)16(20)18-10-4-7-14(18)15(19)17-12-8-9-12/h2-3,5-6,12,14H,4,7-10H2,1H3,(H,17,19). The molecule has 1 saturated carbocycles. The summed E-state index contributed by atoms with van der Waals surface area (Å²) in [5.74, 6) is 0.00322. The molecule has 1 atom stereocenters. The van der Waals surface area contributed by atoms with Gasteiger partial charge in [0, 0.05) is 18.2 Å². The molecule has 1 heterocycles. The molecule has 4 nitrogen and oxygen atoms in total. The lowest BCUT2D eigenvalue weighted by Crippen LogP contribution is -2.46. The number of amides is 2. The van der Waals surface area contributed by atoms with Crippen LogP contribution in [0.5, 0.6) is 0 Å². The maximum atomic E-state index is 12.6. The largest absolute Gasteiger partial charge is 0.352 e. The second-order valence-corrected chi connectivity index (χ2v) is 5.75. The van der Waals surface area contributed by atoms with E-state index in [0.29, 0.717) is 18.2 Å². The van der Waals surface area contributed by atoms with Crippen molar-refractivity contribution in [3.05, 3.63) is 35.4 Å². The summed E-state index contributed by atoms with van der Waals surface area (Å²) in [5.41, 5.74) is 1.67. The third-order valence-corrected chi connectivity index (χ3v) is 4.12. The van der Waals surface area contributed by atoms with Crippen molar-refractivity contribution < 1.29 is 9.59 Å². The number of nitrogens with zero attached hydrogens (tertiary/aromatic N) is 1. The van der Waals surface area contributed by atoms with Gasteiger partial charge in [0.2, 0.25) is 5.91 Å². The van der Waals surface area contributed by atoms with Gasteiger partial charge in [-0.1, -0.05) is 18.2 Å². The third-order valence-electron chi connectivity index (χ3n) is 4.12. The minimum Gasteiger partial charge on any atom is -0.352 e. The Balaban J connectivity index is 1.76. The van der Waals surface area contributed by atoms with Crippen LogP contribution in [0.4, 0.5) is 0 Å². The van der Waals surface area contributed by atoms with Gasteiger partial charge < -0.3 is 10.2 Å². The Morgan fingerprint density at radius 2 is 1.95 bits per heavy atom. The quantitative estimate of drug-likeness (QED) is 0.913. The zero-order valence-electron chi connectivity index (χ0n) is 11.8. The van der Waals surface area contributed by atoms with Gasteiger partial charge in [-0.2, -0.15) is 0 Å². The van der Waals surface area contributed by atoms with E-state index in [1.54, 1.807) is 4.90 Å². The van der Waals surface area contributed by atoms with Crippen molar-refractivity contribution in [2.75, 3.05) is 6.54 Å². The predicted molar refractivity (Wildman–Crippen MR) is 76.4 cm³/mol. The Labute approximate surface area is 119 Å². The molecule has 2 aliphatic rings. The summed E-state index contributed by atoms with van der Waals surface area (Å²) in [6.45, 7) is 2.61. The minimum absolute atomic E-state index is 0.0171. The number of carbonyl (C=O) groups excluding carboxylic acids is 2. The number of hydrogen-bond acceptors (Lipinski definition) is 2. The summed E-state index contributed by atoms with van der Waals surface area (Å²) in [5, 5.41) is 3.01.